The van der Waals surface area contributed by atoms with Crippen LogP contribution < -0.4 is 0 Å². The maximum absolute atomic E-state index is 4.60. The fourth-order valence-electron chi connectivity index (χ4n) is 1.93. The van der Waals surface area contributed by atoms with E-state index in [1.54, 1.807) is 11.3 Å². The molecule has 0 unspecified atom stereocenters. The van der Waals surface area contributed by atoms with E-state index in [1.165, 1.54) is 40.5 Å². The lowest BCUT2D eigenvalue weighted by Gasteiger charge is -1.88. The first-order valence-electron chi connectivity index (χ1n) is 4.31. The van der Waals surface area contributed by atoms with Gasteiger partial charge in [-0.25, -0.2) is 4.98 Å². The van der Waals surface area contributed by atoms with Gasteiger partial charge in [0, 0.05) is 16.8 Å². The molecule has 0 aliphatic heterocycles. The van der Waals surface area contributed by atoms with E-state index in [0.29, 0.717) is 0 Å². The van der Waals surface area contributed by atoms with Crippen LogP contribution in [0.2, 0.25) is 0 Å². The Kier molecular flexibility index (Phi) is 1.17. The third kappa shape index (κ3) is 0.719. The van der Waals surface area contributed by atoms with Gasteiger partial charge in [-0.1, -0.05) is 0 Å². The van der Waals surface area contributed by atoms with Crippen LogP contribution in [-0.4, -0.2) is 9.38 Å². The normalized spacial score (nSPS) is 15.8. The molecule has 0 bridgehead atoms. The Labute approximate surface area is 74.9 Å². The minimum absolute atomic E-state index is 1.18. The molecule has 1 aliphatic rings. The average Bonchev–Trinajstić information content (AvgIpc) is 2.59. The third-order valence-electron chi connectivity index (χ3n) is 2.45. The number of hydrogen-bond donors (Lipinski definition) is 0. The lowest BCUT2D eigenvalue weighted by atomic mass is 10.4. The molecular formula is C9H10N2S. The van der Waals surface area contributed by atoms with Gasteiger partial charge in [-0.15, -0.1) is 11.3 Å². The average molecular weight is 178 g/mol. The van der Waals surface area contributed by atoms with Gasteiger partial charge in [0.1, 0.15) is 0 Å². The van der Waals surface area contributed by atoms with Crippen LogP contribution in [0.5, 0.6) is 0 Å². The molecule has 0 spiro atoms. The predicted octanol–water partition coefficient (Wildman–Crippen LogP) is 2.19. The third-order valence-corrected chi connectivity index (χ3v) is 3.35. The highest BCUT2D eigenvalue weighted by Crippen LogP contribution is 2.26. The lowest BCUT2D eigenvalue weighted by molar-refractivity contribution is 0.872. The first-order chi connectivity index (χ1) is 5.84. The van der Waals surface area contributed by atoms with Crippen molar-refractivity contribution in [3.63, 3.8) is 0 Å². The van der Waals surface area contributed by atoms with Gasteiger partial charge in [-0.3, -0.25) is 4.40 Å². The molecule has 12 heavy (non-hydrogen) atoms. The number of aryl methyl sites for hydroxylation is 3. The number of nitrogens with zero attached hydrogens (tertiary/aromatic N) is 2. The second kappa shape index (κ2) is 2.10. The number of imidazole rings is 1. The Morgan fingerprint density at radius 3 is 3.33 bits per heavy atom. The van der Waals surface area contributed by atoms with Gasteiger partial charge in [0.25, 0.3) is 0 Å². The summed E-state index contributed by atoms with van der Waals surface area (Å²) in [4.78, 5) is 7.13. The van der Waals surface area contributed by atoms with E-state index in [9.17, 15) is 0 Å². The van der Waals surface area contributed by atoms with Crippen molar-refractivity contribution in [1.82, 2.24) is 9.38 Å². The quantitative estimate of drug-likeness (QED) is 0.604. The fraction of sp³-hybridized carbons (Fsp3) is 0.444. The molecule has 0 aromatic carbocycles. The Morgan fingerprint density at radius 2 is 2.42 bits per heavy atom. The van der Waals surface area contributed by atoms with Crippen molar-refractivity contribution in [2.75, 3.05) is 0 Å². The van der Waals surface area contributed by atoms with Gasteiger partial charge in [0.05, 0.1) is 5.69 Å². The van der Waals surface area contributed by atoms with Crippen LogP contribution in [-0.2, 0) is 12.8 Å². The maximum Gasteiger partial charge on any atom is 0.194 e. The van der Waals surface area contributed by atoms with E-state index >= 15 is 0 Å². The standard InChI is InChI=1S/C9H10N2S/c1-6-5-11-8-4-2-3-7(8)10-9(11)12-6/h5H,2-4H2,1H3. The van der Waals surface area contributed by atoms with E-state index in [1.807, 2.05) is 0 Å². The van der Waals surface area contributed by atoms with Crippen molar-refractivity contribution in [3.05, 3.63) is 22.5 Å². The molecule has 2 heterocycles. The molecule has 62 valence electrons. The maximum atomic E-state index is 4.60. The summed E-state index contributed by atoms with van der Waals surface area (Å²) in [6.45, 7) is 2.14. The topological polar surface area (TPSA) is 17.3 Å². The van der Waals surface area contributed by atoms with Crippen LogP contribution in [0.1, 0.15) is 22.7 Å². The fourth-order valence-corrected chi connectivity index (χ4v) is 2.80. The number of rotatable bonds is 0. The van der Waals surface area contributed by atoms with Crippen LogP contribution in [0.15, 0.2) is 6.20 Å². The first-order valence-corrected chi connectivity index (χ1v) is 5.12. The summed E-state index contributed by atoms with van der Waals surface area (Å²) in [5, 5.41) is 0. The van der Waals surface area contributed by atoms with Gasteiger partial charge in [0.15, 0.2) is 4.96 Å². The molecule has 3 rings (SSSR count). The summed E-state index contributed by atoms with van der Waals surface area (Å²) in [6.07, 6.45) is 5.89. The number of thiazole rings is 1. The Morgan fingerprint density at radius 1 is 1.50 bits per heavy atom. The van der Waals surface area contributed by atoms with E-state index < -0.39 is 0 Å². The highest BCUT2D eigenvalue weighted by molar-refractivity contribution is 7.17. The predicted molar refractivity (Wildman–Crippen MR) is 49.8 cm³/mol. The zero-order valence-corrected chi connectivity index (χ0v) is 7.82. The number of fused-ring (bicyclic) bond motifs is 3. The SMILES string of the molecule is Cc1cn2c3c(nc2s1)CCC3. The summed E-state index contributed by atoms with van der Waals surface area (Å²) >= 11 is 1.79. The second-order valence-corrected chi connectivity index (χ2v) is 4.57. The molecule has 1 aliphatic carbocycles. The summed E-state index contributed by atoms with van der Waals surface area (Å²) in [6, 6.07) is 0. The summed E-state index contributed by atoms with van der Waals surface area (Å²) in [5.74, 6) is 0. The molecule has 2 aromatic heterocycles. The summed E-state index contributed by atoms with van der Waals surface area (Å²) in [5.41, 5.74) is 2.79. The van der Waals surface area contributed by atoms with E-state index in [2.05, 4.69) is 22.5 Å². The highest BCUT2D eigenvalue weighted by Gasteiger charge is 2.18. The van der Waals surface area contributed by atoms with Crippen LogP contribution in [0.3, 0.4) is 0 Å². The molecule has 3 heteroatoms. The van der Waals surface area contributed by atoms with Crippen molar-refractivity contribution in [2.45, 2.75) is 26.2 Å². The van der Waals surface area contributed by atoms with Crippen LogP contribution in [0.25, 0.3) is 4.96 Å². The molecule has 2 aromatic rings. The zero-order chi connectivity index (χ0) is 8.13. The van der Waals surface area contributed by atoms with Crippen molar-refractivity contribution >= 4 is 16.3 Å². The van der Waals surface area contributed by atoms with Crippen molar-refractivity contribution < 1.29 is 0 Å². The molecular weight excluding hydrogens is 168 g/mol. The largest absolute Gasteiger partial charge is 0.294 e. The van der Waals surface area contributed by atoms with Crippen molar-refractivity contribution in [1.29, 1.82) is 0 Å². The van der Waals surface area contributed by atoms with Gasteiger partial charge in [-0.2, -0.15) is 0 Å². The summed E-state index contributed by atoms with van der Waals surface area (Å²) in [7, 11) is 0. The number of hydrogen-bond acceptors (Lipinski definition) is 2. The van der Waals surface area contributed by atoms with Crippen molar-refractivity contribution in [2.24, 2.45) is 0 Å². The van der Waals surface area contributed by atoms with E-state index in [0.717, 1.165) is 0 Å². The molecule has 0 N–H and O–H groups in total. The first kappa shape index (κ1) is 6.66. The van der Waals surface area contributed by atoms with Crippen LogP contribution >= 0.6 is 11.3 Å². The molecule has 0 atom stereocenters. The molecule has 0 fully saturated rings. The Bertz CT molecular complexity index is 438. The minimum atomic E-state index is 1.18. The second-order valence-electron chi connectivity index (χ2n) is 3.35. The highest BCUT2D eigenvalue weighted by atomic mass is 32.1. The molecule has 0 saturated heterocycles. The van der Waals surface area contributed by atoms with E-state index in [4.69, 9.17) is 0 Å². The smallest absolute Gasteiger partial charge is 0.194 e. The van der Waals surface area contributed by atoms with Gasteiger partial charge >= 0.3 is 0 Å². The van der Waals surface area contributed by atoms with Gasteiger partial charge in [0.2, 0.25) is 0 Å². The molecule has 0 amide bonds. The molecule has 0 radical (unpaired) electrons. The monoisotopic (exact) mass is 178 g/mol. The minimum Gasteiger partial charge on any atom is -0.294 e. The molecule has 0 saturated carbocycles. The Balaban J connectivity index is 2.40. The zero-order valence-electron chi connectivity index (χ0n) is 7.00. The van der Waals surface area contributed by atoms with Gasteiger partial charge in [-0.05, 0) is 26.2 Å². The molecule has 2 nitrogen and oxygen atoms in total. The van der Waals surface area contributed by atoms with Gasteiger partial charge < -0.3 is 0 Å². The van der Waals surface area contributed by atoms with Crippen LogP contribution in [0.4, 0.5) is 0 Å². The Hall–Kier alpha value is -0.830. The van der Waals surface area contributed by atoms with Crippen LogP contribution in [0, 0.1) is 6.92 Å². The lowest BCUT2D eigenvalue weighted by Crippen LogP contribution is -1.84. The van der Waals surface area contributed by atoms with E-state index in [-0.39, 0.29) is 0 Å². The number of aromatic nitrogens is 2. The summed E-state index contributed by atoms with van der Waals surface area (Å²) < 4.78 is 2.27. The van der Waals surface area contributed by atoms with Crippen molar-refractivity contribution in [3.8, 4) is 0 Å².